The molecule has 1 N–H and O–H groups in total. The monoisotopic (exact) mass is 330 g/mol. The van der Waals surface area contributed by atoms with E-state index in [1.54, 1.807) is 0 Å². The Kier molecular flexibility index (Phi) is 4.55. The minimum absolute atomic E-state index is 0. The van der Waals surface area contributed by atoms with Gasteiger partial charge in [-0.25, -0.2) is 0 Å². The largest absolute Gasteiger partial charge is 0.491 e. The highest BCUT2D eigenvalue weighted by Crippen LogP contribution is 2.34. The maximum Gasteiger partial charge on any atom is 0.258 e. The minimum atomic E-state index is 0. The van der Waals surface area contributed by atoms with Gasteiger partial charge in [-0.3, -0.25) is 4.79 Å². The van der Waals surface area contributed by atoms with Crippen molar-refractivity contribution in [2.24, 2.45) is 0 Å². The molecule has 4 nitrogen and oxygen atoms in total. The number of fused-ring (bicyclic) bond motifs is 2. The number of halogens is 1. The van der Waals surface area contributed by atoms with Crippen LogP contribution in [-0.2, 0) is 0 Å². The lowest BCUT2D eigenvalue weighted by molar-refractivity contribution is 0.0607. The molecule has 2 aliphatic heterocycles. The third-order valence-electron chi connectivity index (χ3n) is 4.37. The number of nitrogens with zero attached hydrogens (tertiary/aromatic N) is 1. The van der Waals surface area contributed by atoms with E-state index < -0.39 is 0 Å². The van der Waals surface area contributed by atoms with Crippen molar-refractivity contribution in [1.82, 2.24) is 10.2 Å². The Bertz CT molecular complexity index is 705. The average Bonchev–Trinajstić information content (AvgIpc) is 2.73. The first-order chi connectivity index (χ1) is 10.8. The number of benzene rings is 2. The molecule has 1 saturated heterocycles. The molecule has 2 aromatic carbocycles. The predicted molar refractivity (Wildman–Crippen MR) is 92.3 cm³/mol. The van der Waals surface area contributed by atoms with Crippen LogP contribution >= 0.6 is 12.4 Å². The van der Waals surface area contributed by atoms with Gasteiger partial charge in [0.05, 0.1) is 11.6 Å². The molecule has 0 saturated carbocycles. The number of carbonyl (C=O) groups is 1. The van der Waals surface area contributed by atoms with E-state index in [1.807, 2.05) is 53.4 Å². The van der Waals surface area contributed by atoms with Gasteiger partial charge in [0, 0.05) is 19.6 Å². The SMILES string of the molecule is Cl.O=C1c2c(cccc2-c2ccccc2)OCC2CNCCN12. The van der Waals surface area contributed by atoms with E-state index in [1.165, 1.54) is 0 Å². The molecule has 1 amide bonds. The summed E-state index contributed by atoms with van der Waals surface area (Å²) in [6.45, 7) is 2.91. The highest BCUT2D eigenvalue weighted by Gasteiger charge is 2.34. The van der Waals surface area contributed by atoms with Crippen LogP contribution in [0.1, 0.15) is 10.4 Å². The van der Waals surface area contributed by atoms with E-state index in [4.69, 9.17) is 4.74 Å². The Morgan fingerprint density at radius 1 is 1.09 bits per heavy atom. The zero-order valence-electron chi connectivity index (χ0n) is 12.7. The number of rotatable bonds is 1. The van der Waals surface area contributed by atoms with Gasteiger partial charge in [0.25, 0.3) is 5.91 Å². The van der Waals surface area contributed by atoms with Gasteiger partial charge in [0.1, 0.15) is 12.4 Å². The van der Waals surface area contributed by atoms with Crippen molar-refractivity contribution < 1.29 is 9.53 Å². The first-order valence-electron chi connectivity index (χ1n) is 7.67. The van der Waals surface area contributed by atoms with E-state index in [-0.39, 0.29) is 24.4 Å². The zero-order chi connectivity index (χ0) is 14.9. The van der Waals surface area contributed by atoms with Crippen molar-refractivity contribution >= 4 is 18.3 Å². The lowest BCUT2D eigenvalue weighted by Crippen LogP contribution is -2.54. The Labute approximate surface area is 141 Å². The van der Waals surface area contributed by atoms with Crippen LogP contribution in [0.2, 0.25) is 0 Å². The second kappa shape index (κ2) is 6.60. The van der Waals surface area contributed by atoms with Crippen molar-refractivity contribution in [3.8, 4) is 16.9 Å². The van der Waals surface area contributed by atoms with E-state index in [2.05, 4.69) is 5.32 Å². The maximum absolute atomic E-state index is 13.1. The zero-order valence-corrected chi connectivity index (χ0v) is 13.5. The molecule has 0 bridgehead atoms. The molecule has 4 rings (SSSR count). The summed E-state index contributed by atoms with van der Waals surface area (Å²) in [4.78, 5) is 15.0. The van der Waals surface area contributed by atoms with Gasteiger partial charge in [0.2, 0.25) is 0 Å². The van der Waals surface area contributed by atoms with E-state index in [0.717, 1.165) is 30.8 Å². The third kappa shape index (κ3) is 2.80. The van der Waals surface area contributed by atoms with Gasteiger partial charge < -0.3 is 15.0 Å². The quantitative estimate of drug-likeness (QED) is 0.874. The van der Waals surface area contributed by atoms with Gasteiger partial charge in [0.15, 0.2) is 0 Å². The summed E-state index contributed by atoms with van der Waals surface area (Å²) in [5, 5.41) is 3.33. The number of piperazine rings is 1. The first-order valence-corrected chi connectivity index (χ1v) is 7.67. The van der Waals surface area contributed by atoms with Crippen LogP contribution in [0.5, 0.6) is 5.75 Å². The van der Waals surface area contributed by atoms with E-state index >= 15 is 0 Å². The fraction of sp³-hybridized carbons (Fsp3) is 0.278. The highest BCUT2D eigenvalue weighted by atomic mass is 35.5. The molecule has 23 heavy (non-hydrogen) atoms. The molecule has 5 heteroatoms. The lowest BCUT2D eigenvalue weighted by Gasteiger charge is -2.34. The molecule has 1 fully saturated rings. The van der Waals surface area contributed by atoms with E-state index in [9.17, 15) is 4.79 Å². The van der Waals surface area contributed by atoms with Crippen molar-refractivity contribution in [1.29, 1.82) is 0 Å². The fourth-order valence-electron chi connectivity index (χ4n) is 3.24. The molecule has 0 spiro atoms. The molecule has 2 aliphatic rings. The second-order valence-electron chi connectivity index (χ2n) is 5.71. The Morgan fingerprint density at radius 3 is 2.74 bits per heavy atom. The van der Waals surface area contributed by atoms with Crippen molar-refractivity contribution in [3.63, 3.8) is 0 Å². The number of ether oxygens (including phenoxy) is 1. The first kappa shape index (κ1) is 15.8. The van der Waals surface area contributed by atoms with Gasteiger partial charge in [-0.1, -0.05) is 42.5 Å². The van der Waals surface area contributed by atoms with Crippen LogP contribution in [0.3, 0.4) is 0 Å². The number of amides is 1. The van der Waals surface area contributed by atoms with Gasteiger partial charge >= 0.3 is 0 Å². The molecule has 1 atom stereocenters. The molecule has 120 valence electrons. The number of hydrogen-bond donors (Lipinski definition) is 1. The van der Waals surface area contributed by atoms with Gasteiger partial charge in [-0.05, 0) is 17.2 Å². The normalized spacial score (nSPS) is 19.7. The second-order valence-corrected chi connectivity index (χ2v) is 5.71. The molecule has 0 radical (unpaired) electrons. The summed E-state index contributed by atoms with van der Waals surface area (Å²) in [6.07, 6.45) is 0. The van der Waals surface area contributed by atoms with Crippen molar-refractivity contribution in [3.05, 3.63) is 54.1 Å². The molecule has 2 aromatic rings. The standard InChI is InChI=1S/C18H18N2O2.ClH/c21-18-17-15(13-5-2-1-3-6-13)7-4-8-16(17)22-12-14-11-19-9-10-20(14)18;/h1-8,14,19H,9-12H2;1H. The summed E-state index contributed by atoms with van der Waals surface area (Å²) < 4.78 is 5.95. The molecular weight excluding hydrogens is 312 g/mol. The Hall–Kier alpha value is -2.04. The molecule has 0 aromatic heterocycles. The highest BCUT2D eigenvalue weighted by molar-refractivity contribution is 6.04. The summed E-state index contributed by atoms with van der Waals surface area (Å²) in [7, 11) is 0. The molecular formula is C18H19ClN2O2. The Morgan fingerprint density at radius 2 is 1.91 bits per heavy atom. The van der Waals surface area contributed by atoms with Crippen molar-refractivity contribution in [2.75, 3.05) is 26.2 Å². The lowest BCUT2D eigenvalue weighted by atomic mass is 9.97. The topological polar surface area (TPSA) is 41.6 Å². The van der Waals surface area contributed by atoms with E-state index in [0.29, 0.717) is 17.9 Å². The molecule has 2 heterocycles. The summed E-state index contributed by atoms with van der Waals surface area (Å²) in [6, 6.07) is 16.0. The third-order valence-corrected chi connectivity index (χ3v) is 4.37. The van der Waals surface area contributed by atoms with Crippen LogP contribution in [0.4, 0.5) is 0 Å². The maximum atomic E-state index is 13.1. The molecule has 1 unspecified atom stereocenters. The smallest absolute Gasteiger partial charge is 0.258 e. The number of nitrogens with one attached hydrogen (secondary N) is 1. The summed E-state index contributed by atoms with van der Waals surface area (Å²) in [5.41, 5.74) is 2.69. The van der Waals surface area contributed by atoms with Crippen LogP contribution in [0.15, 0.2) is 48.5 Å². The predicted octanol–water partition coefficient (Wildman–Crippen LogP) is 2.58. The number of hydrogen-bond acceptors (Lipinski definition) is 3. The van der Waals surface area contributed by atoms with Crippen molar-refractivity contribution in [2.45, 2.75) is 6.04 Å². The molecule has 0 aliphatic carbocycles. The van der Waals surface area contributed by atoms with Crippen LogP contribution in [-0.4, -0.2) is 43.1 Å². The van der Waals surface area contributed by atoms with Gasteiger partial charge in [-0.2, -0.15) is 0 Å². The van der Waals surface area contributed by atoms with Crippen LogP contribution in [0, 0.1) is 0 Å². The number of carbonyl (C=O) groups excluding carboxylic acids is 1. The Balaban J connectivity index is 0.00000156. The minimum Gasteiger partial charge on any atom is -0.491 e. The summed E-state index contributed by atoms with van der Waals surface area (Å²) >= 11 is 0. The van der Waals surface area contributed by atoms with Crippen LogP contribution < -0.4 is 10.1 Å². The summed E-state index contributed by atoms with van der Waals surface area (Å²) in [5.74, 6) is 0.777. The fourth-order valence-corrected chi connectivity index (χ4v) is 3.24. The average molecular weight is 331 g/mol. The van der Waals surface area contributed by atoms with Crippen LogP contribution in [0.25, 0.3) is 11.1 Å². The van der Waals surface area contributed by atoms with Gasteiger partial charge in [-0.15, -0.1) is 12.4 Å².